The van der Waals surface area contributed by atoms with Gasteiger partial charge in [0, 0.05) is 27.8 Å². The van der Waals surface area contributed by atoms with Gasteiger partial charge in [0.1, 0.15) is 0 Å². The van der Waals surface area contributed by atoms with E-state index in [1.807, 2.05) is 12.1 Å². The Labute approximate surface area is 118 Å². The van der Waals surface area contributed by atoms with Gasteiger partial charge in [-0.2, -0.15) is 0 Å². The van der Waals surface area contributed by atoms with E-state index in [0.717, 1.165) is 4.47 Å². The standard InChI is InChI=1S/C14H11BrO4/c15-7-3-1-6(2-4-7)12(16)10-9-8-5-18-14(19-8)13(17)11(9)10/h1-4,8-11,14H,5H2/t8-,9+,10?,11+,14-/m1/s1. The predicted octanol–water partition coefficient (Wildman–Crippen LogP) is 1.82. The highest BCUT2D eigenvalue weighted by atomic mass is 79.9. The molecule has 2 heterocycles. The Balaban J connectivity index is 1.60. The summed E-state index contributed by atoms with van der Waals surface area (Å²) in [5.74, 6) is -0.404. The average Bonchev–Trinajstić information content (AvgIpc) is 3.02. The fourth-order valence-corrected chi connectivity index (χ4v) is 3.50. The second-order valence-electron chi connectivity index (χ2n) is 5.24. The minimum atomic E-state index is -0.728. The smallest absolute Gasteiger partial charge is 0.218 e. The monoisotopic (exact) mass is 322 g/mol. The Bertz CT molecular complexity index is 567. The van der Waals surface area contributed by atoms with Crippen molar-refractivity contribution in [2.24, 2.45) is 17.8 Å². The fraction of sp³-hybridized carbons (Fsp3) is 0.429. The van der Waals surface area contributed by atoms with E-state index in [0.29, 0.717) is 12.2 Å². The van der Waals surface area contributed by atoms with Gasteiger partial charge in [-0.3, -0.25) is 9.59 Å². The largest absolute Gasteiger partial charge is 0.343 e. The predicted molar refractivity (Wildman–Crippen MR) is 68.6 cm³/mol. The summed E-state index contributed by atoms with van der Waals surface area (Å²) in [5.41, 5.74) is 0.659. The van der Waals surface area contributed by atoms with Gasteiger partial charge in [0.05, 0.1) is 12.7 Å². The summed E-state index contributed by atoms with van der Waals surface area (Å²) in [6.07, 6.45) is -0.814. The van der Waals surface area contributed by atoms with Crippen LogP contribution in [0.5, 0.6) is 0 Å². The Morgan fingerprint density at radius 1 is 1.26 bits per heavy atom. The molecule has 5 heteroatoms. The van der Waals surface area contributed by atoms with Gasteiger partial charge in [-0.15, -0.1) is 0 Å². The molecule has 1 aliphatic carbocycles. The van der Waals surface area contributed by atoms with Crippen molar-refractivity contribution in [3.05, 3.63) is 34.3 Å². The molecule has 2 aliphatic heterocycles. The van der Waals surface area contributed by atoms with E-state index in [9.17, 15) is 9.59 Å². The molecule has 1 saturated carbocycles. The molecule has 0 N–H and O–H groups in total. The Hall–Kier alpha value is -1.04. The third-order valence-electron chi connectivity index (χ3n) is 4.21. The lowest BCUT2D eigenvalue weighted by molar-refractivity contribution is -0.153. The topological polar surface area (TPSA) is 52.6 Å². The zero-order valence-electron chi connectivity index (χ0n) is 9.91. The number of carbonyl (C=O) groups is 2. The molecule has 19 heavy (non-hydrogen) atoms. The Morgan fingerprint density at radius 3 is 2.74 bits per heavy atom. The van der Waals surface area contributed by atoms with Crippen molar-refractivity contribution >= 4 is 27.5 Å². The van der Waals surface area contributed by atoms with Crippen LogP contribution >= 0.6 is 15.9 Å². The quantitative estimate of drug-likeness (QED) is 0.779. The molecule has 0 amide bonds. The van der Waals surface area contributed by atoms with Crippen LogP contribution < -0.4 is 0 Å². The van der Waals surface area contributed by atoms with Crippen molar-refractivity contribution in [2.45, 2.75) is 12.4 Å². The summed E-state index contributed by atoms with van der Waals surface area (Å²) in [6.45, 7) is 0.432. The third kappa shape index (κ3) is 1.65. The van der Waals surface area contributed by atoms with Gasteiger partial charge >= 0.3 is 0 Å². The molecule has 0 radical (unpaired) electrons. The summed E-state index contributed by atoms with van der Waals surface area (Å²) in [4.78, 5) is 24.5. The van der Waals surface area contributed by atoms with Gasteiger partial charge in [-0.25, -0.2) is 0 Å². The van der Waals surface area contributed by atoms with Gasteiger partial charge in [0.25, 0.3) is 0 Å². The summed E-state index contributed by atoms with van der Waals surface area (Å²) in [5, 5.41) is 0. The number of Topliss-reactive ketones (excluding diaryl/α,β-unsaturated/α-hetero) is 2. The minimum Gasteiger partial charge on any atom is -0.343 e. The highest BCUT2D eigenvalue weighted by Gasteiger charge is 2.68. The zero-order valence-corrected chi connectivity index (χ0v) is 11.5. The highest BCUT2D eigenvalue weighted by Crippen LogP contribution is 2.57. The van der Waals surface area contributed by atoms with Crippen molar-refractivity contribution in [3.63, 3.8) is 0 Å². The lowest BCUT2D eigenvalue weighted by Crippen LogP contribution is -2.30. The first-order valence-electron chi connectivity index (χ1n) is 6.27. The molecule has 3 aliphatic rings. The molecule has 1 aromatic rings. The molecule has 2 saturated heterocycles. The lowest BCUT2D eigenvalue weighted by Gasteiger charge is -2.14. The Morgan fingerprint density at radius 2 is 2.00 bits per heavy atom. The zero-order chi connectivity index (χ0) is 13.1. The molecule has 98 valence electrons. The van der Waals surface area contributed by atoms with E-state index in [1.54, 1.807) is 12.1 Å². The van der Waals surface area contributed by atoms with Crippen LogP contribution in [0.15, 0.2) is 28.7 Å². The lowest BCUT2D eigenvalue weighted by atomic mass is 10.0. The van der Waals surface area contributed by atoms with Gasteiger partial charge in [-0.1, -0.05) is 28.1 Å². The number of halogens is 1. The van der Waals surface area contributed by atoms with Crippen LogP contribution in [0.1, 0.15) is 10.4 Å². The van der Waals surface area contributed by atoms with Crippen molar-refractivity contribution in [2.75, 3.05) is 6.61 Å². The van der Waals surface area contributed by atoms with Crippen LogP contribution in [-0.2, 0) is 14.3 Å². The van der Waals surface area contributed by atoms with E-state index >= 15 is 0 Å². The maximum absolute atomic E-state index is 12.4. The molecule has 4 nitrogen and oxygen atoms in total. The molecule has 1 unspecified atom stereocenters. The molecule has 1 aromatic carbocycles. The molecule has 4 rings (SSSR count). The number of ether oxygens (including phenoxy) is 2. The van der Waals surface area contributed by atoms with Gasteiger partial charge in [-0.05, 0) is 12.1 Å². The van der Waals surface area contributed by atoms with Crippen LogP contribution in [-0.4, -0.2) is 30.6 Å². The second-order valence-corrected chi connectivity index (χ2v) is 6.16. The van der Waals surface area contributed by atoms with Gasteiger partial charge in [0.2, 0.25) is 6.29 Å². The first-order chi connectivity index (χ1) is 9.16. The van der Waals surface area contributed by atoms with Crippen LogP contribution in [0.2, 0.25) is 0 Å². The summed E-state index contributed by atoms with van der Waals surface area (Å²) in [6, 6.07) is 7.26. The van der Waals surface area contributed by atoms with Crippen LogP contribution in [0.25, 0.3) is 0 Å². The molecular formula is C14H11BrO4. The number of ketones is 2. The van der Waals surface area contributed by atoms with E-state index in [-0.39, 0.29) is 35.4 Å². The molecule has 0 aromatic heterocycles. The summed E-state index contributed by atoms with van der Waals surface area (Å²) < 4.78 is 11.7. The summed E-state index contributed by atoms with van der Waals surface area (Å²) in [7, 11) is 0. The van der Waals surface area contributed by atoms with Gasteiger partial charge in [0.15, 0.2) is 11.6 Å². The maximum atomic E-state index is 12.4. The number of carbonyl (C=O) groups excluding carboxylic acids is 2. The van der Waals surface area contributed by atoms with Crippen molar-refractivity contribution in [3.8, 4) is 0 Å². The van der Waals surface area contributed by atoms with Crippen LogP contribution in [0.4, 0.5) is 0 Å². The van der Waals surface area contributed by atoms with E-state index in [1.165, 1.54) is 0 Å². The number of benzene rings is 1. The normalized spacial score (nSPS) is 39.0. The van der Waals surface area contributed by atoms with Crippen molar-refractivity contribution in [1.29, 1.82) is 0 Å². The SMILES string of the molecule is O=C(c1ccc(Br)cc1)C1[C@H]2[C@@H]1C(=O)[C@@H]1OC[C@H]2O1. The van der Waals surface area contributed by atoms with Crippen LogP contribution in [0, 0.1) is 17.8 Å². The molecule has 3 fully saturated rings. The number of hydrogen-bond donors (Lipinski definition) is 0. The van der Waals surface area contributed by atoms with E-state index in [2.05, 4.69) is 15.9 Å². The van der Waals surface area contributed by atoms with E-state index in [4.69, 9.17) is 9.47 Å². The Kier molecular flexibility index (Phi) is 2.46. The molecular weight excluding hydrogens is 312 g/mol. The fourth-order valence-electron chi connectivity index (χ4n) is 3.24. The van der Waals surface area contributed by atoms with Crippen molar-refractivity contribution < 1.29 is 19.1 Å². The van der Waals surface area contributed by atoms with Gasteiger partial charge < -0.3 is 9.47 Å². The van der Waals surface area contributed by atoms with Crippen molar-refractivity contribution in [1.82, 2.24) is 0 Å². The highest BCUT2D eigenvalue weighted by molar-refractivity contribution is 9.10. The molecule has 5 atom stereocenters. The maximum Gasteiger partial charge on any atom is 0.218 e. The number of fused-ring (bicyclic) bond motifs is 4. The molecule has 2 bridgehead atoms. The summed E-state index contributed by atoms with van der Waals surface area (Å²) >= 11 is 3.34. The van der Waals surface area contributed by atoms with E-state index < -0.39 is 6.29 Å². The number of rotatable bonds is 2. The first kappa shape index (κ1) is 11.8. The third-order valence-corrected chi connectivity index (χ3v) is 4.74. The minimum absolute atomic E-state index is 0.0161. The average molecular weight is 323 g/mol. The number of hydrogen-bond acceptors (Lipinski definition) is 4. The first-order valence-corrected chi connectivity index (χ1v) is 7.06. The molecule has 0 spiro atoms. The van der Waals surface area contributed by atoms with Crippen LogP contribution in [0.3, 0.4) is 0 Å². The second kappa shape index (κ2) is 3.98.